The van der Waals surface area contributed by atoms with E-state index in [0.717, 1.165) is 56.5 Å². The number of hydrogen-bond donors (Lipinski definition) is 2. The van der Waals surface area contributed by atoms with Crippen LogP contribution in [-0.2, 0) is 25.8 Å². The maximum atomic E-state index is 11.9. The van der Waals surface area contributed by atoms with E-state index in [1.807, 2.05) is 0 Å². The molecule has 4 heteroatoms. The number of nitrogens with zero attached hydrogens (tertiary/aromatic N) is 1. The van der Waals surface area contributed by atoms with Crippen molar-refractivity contribution in [2.24, 2.45) is 0 Å². The summed E-state index contributed by atoms with van der Waals surface area (Å²) in [6.45, 7) is 4.00. The zero-order valence-corrected chi connectivity index (χ0v) is 13.1. The number of benzene rings is 1. The average Bonchev–Trinajstić information content (AvgIpc) is 2.57. The predicted molar refractivity (Wildman–Crippen MR) is 88.1 cm³/mol. The smallest absolute Gasteiger partial charge is 0.267 e. The summed E-state index contributed by atoms with van der Waals surface area (Å²) < 4.78 is 0. The lowest BCUT2D eigenvalue weighted by Gasteiger charge is -2.17. The third-order valence-electron chi connectivity index (χ3n) is 4.36. The van der Waals surface area contributed by atoms with Crippen molar-refractivity contribution in [3.63, 3.8) is 0 Å². The van der Waals surface area contributed by atoms with Gasteiger partial charge in [0.05, 0.1) is 5.69 Å². The molecule has 0 radical (unpaired) electrons. The molecule has 0 bridgehead atoms. The van der Waals surface area contributed by atoms with Gasteiger partial charge in [-0.3, -0.25) is 4.79 Å². The van der Waals surface area contributed by atoms with E-state index in [-0.39, 0.29) is 5.56 Å². The monoisotopic (exact) mass is 297 g/mol. The van der Waals surface area contributed by atoms with Crippen LogP contribution in [0.1, 0.15) is 47.7 Å². The lowest BCUT2D eigenvalue weighted by atomic mass is 9.90. The van der Waals surface area contributed by atoms with Crippen LogP contribution in [0.15, 0.2) is 29.1 Å². The molecule has 116 valence electrons. The molecule has 0 aliphatic heterocycles. The highest BCUT2D eigenvalue weighted by atomic mass is 16.1. The number of nitrogens with one attached hydrogen (secondary N) is 2. The van der Waals surface area contributed by atoms with E-state index in [1.54, 1.807) is 0 Å². The standard InChI is InChI=1S/C18H23N3O/c1-2-19-12-14-9-7-13(8-10-14)11-17-15-5-3-4-6-16(15)18(22)21-20-17/h7-10,19H,2-6,11-12H2,1H3,(H,21,22). The van der Waals surface area contributed by atoms with Crippen LogP contribution < -0.4 is 10.9 Å². The van der Waals surface area contributed by atoms with E-state index >= 15 is 0 Å². The molecule has 1 aromatic heterocycles. The zero-order chi connectivity index (χ0) is 15.4. The second-order valence-electron chi connectivity index (χ2n) is 5.94. The molecule has 0 unspecified atom stereocenters. The number of aromatic amines is 1. The van der Waals surface area contributed by atoms with Gasteiger partial charge in [-0.15, -0.1) is 0 Å². The number of rotatable bonds is 5. The second kappa shape index (κ2) is 6.88. The van der Waals surface area contributed by atoms with Crippen molar-refractivity contribution in [1.82, 2.24) is 15.5 Å². The second-order valence-corrected chi connectivity index (χ2v) is 5.94. The van der Waals surface area contributed by atoms with Crippen molar-refractivity contribution >= 4 is 0 Å². The van der Waals surface area contributed by atoms with Gasteiger partial charge in [0, 0.05) is 18.5 Å². The fourth-order valence-corrected chi connectivity index (χ4v) is 3.11. The van der Waals surface area contributed by atoms with Crippen LogP contribution in [0, 0.1) is 0 Å². The first-order chi connectivity index (χ1) is 10.8. The van der Waals surface area contributed by atoms with Crippen LogP contribution in [-0.4, -0.2) is 16.7 Å². The molecule has 0 spiro atoms. The molecule has 1 aliphatic rings. The maximum absolute atomic E-state index is 11.9. The van der Waals surface area contributed by atoms with E-state index in [1.165, 1.54) is 16.7 Å². The van der Waals surface area contributed by atoms with Gasteiger partial charge >= 0.3 is 0 Å². The Balaban J connectivity index is 1.80. The summed E-state index contributed by atoms with van der Waals surface area (Å²) in [6, 6.07) is 8.65. The number of hydrogen-bond acceptors (Lipinski definition) is 3. The number of H-pyrrole nitrogens is 1. The SMILES string of the molecule is CCNCc1ccc(Cc2n[nH]c(=O)c3c2CCCC3)cc1. The first kappa shape index (κ1) is 15.0. The summed E-state index contributed by atoms with van der Waals surface area (Å²) in [5, 5.41) is 10.3. The Hall–Kier alpha value is -1.94. The van der Waals surface area contributed by atoms with E-state index in [4.69, 9.17) is 0 Å². The summed E-state index contributed by atoms with van der Waals surface area (Å²) in [5.41, 5.74) is 5.72. The van der Waals surface area contributed by atoms with Gasteiger partial charge in [0.2, 0.25) is 0 Å². The summed E-state index contributed by atoms with van der Waals surface area (Å²) in [6.07, 6.45) is 4.94. The van der Waals surface area contributed by atoms with Gasteiger partial charge in [-0.2, -0.15) is 5.10 Å². The van der Waals surface area contributed by atoms with Crippen LogP contribution in [0.3, 0.4) is 0 Å². The molecule has 1 heterocycles. The third kappa shape index (κ3) is 3.28. The van der Waals surface area contributed by atoms with E-state index in [0.29, 0.717) is 0 Å². The van der Waals surface area contributed by atoms with Gasteiger partial charge in [-0.05, 0) is 48.9 Å². The van der Waals surface area contributed by atoms with Crippen molar-refractivity contribution in [3.8, 4) is 0 Å². The zero-order valence-electron chi connectivity index (χ0n) is 13.1. The highest BCUT2D eigenvalue weighted by Gasteiger charge is 2.17. The Morgan fingerprint density at radius 1 is 1.09 bits per heavy atom. The van der Waals surface area contributed by atoms with Crippen molar-refractivity contribution in [1.29, 1.82) is 0 Å². The molecule has 22 heavy (non-hydrogen) atoms. The largest absolute Gasteiger partial charge is 0.313 e. The first-order valence-corrected chi connectivity index (χ1v) is 8.15. The molecule has 0 saturated carbocycles. The van der Waals surface area contributed by atoms with Gasteiger partial charge < -0.3 is 5.32 Å². The topological polar surface area (TPSA) is 57.8 Å². The molecule has 1 aliphatic carbocycles. The minimum atomic E-state index is -0.000520. The molecule has 0 fully saturated rings. The Labute approximate surface area is 131 Å². The van der Waals surface area contributed by atoms with Crippen molar-refractivity contribution in [2.75, 3.05) is 6.54 Å². The molecule has 4 nitrogen and oxygen atoms in total. The van der Waals surface area contributed by atoms with Crippen LogP contribution in [0.5, 0.6) is 0 Å². The molecular formula is C18H23N3O. The van der Waals surface area contributed by atoms with Crippen LogP contribution in [0.2, 0.25) is 0 Å². The average molecular weight is 297 g/mol. The van der Waals surface area contributed by atoms with Gasteiger partial charge in [0.1, 0.15) is 0 Å². The third-order valence-corrected chi connectivity index (χ3v) is 4.36. The van der Waals surface area contributed by atoms with Crippen LogP contribution in [0.4, 0.5) is 0 Å². The van der Waals surface area contributed by atoms with E-state index in [9.17, 15) is 4.79 Å². The lowest BCUT2D eigenvalue weighted by molar-refractivity contribution is 0.655. The minimum Gasteiger partial charge on any atom is -0.313 e. The highest BCUT2D eigenvalue weighted by molar-refractivity contribution is 5.34. The van der Waals surface area contributed by atoms with E-state index < -0.39 is 0 Å². The molecule has 0 amide bonds. The molecule has 2 N–H and O–H groups in total. The van der Waals surface area contributed by atoms with Crippen molar-refractivity contribution in [3.05, 3.63) is 62.6 Å². The minimum absolute atomic E-state index is 0.000520. The Kier molecular flexibility index (Phi) is 4.68. The fraction of sp³-hybridized carbons (Fsp3) is 0.444. The lowest BCUT2D eigenvalue weighted by Crippen LogP contribution is -2.23. The number of aromatic nitrogens is 2. The van der Waals surface area contributed by atoms with Crippen LogP contribution in [0.25, 0.3) is 0 Å². The molecule has 3 rings (SSSR count). The van der Waals surface area contributed by atoms with Gasteiger partial charge in [0.25, 0.3) is 5.56 Å². The summed E-state index contributed by atoms with van der Waals surface area (Å²) in [7, 11) is 0. The maximum Gasteiger partial charge on any atom is 0.267 e. The Morgan fingerprint density at radius 2 is 1.77 bits per heavy atom. The van der Waals surface area contributed by atoms with Crippen LogP contribution >= 0.6 is 0 Å². The first-order valence-electron chi connectivity index (χ1n) is 8.15. The van der Waals surface area contributed by atoms with Gasteiger partial charge in [0.15, 0.2) is 0 Å². The molecule has 2 aromatic rings. The van der Waals surface area contributed by atoms with Gasteiger partial charge in [-0.25, -0.2) is 5.10 Å². The van der Waals surface area contributed by atoms with Gasteiger partial charge in [-0.1, -0.05) is 31.2 Å². The van der Waals surface area contributed by atoms with Crippen molar-refractivity contribution in [2.45, 2.75) is 45.6 Å². The summed E-state index contributed by atoms with van der Waals surface area (Å²) in [5.74, 6) is 0. The molecular weight excluding hydrogens is 274 g/mol. The Bertz CT molecular complexity index is 688. The predicted octanol–water partition coefficient (Wildman–Crippen LogP) is 2.35. The number of fused-ring (bicyclic) bond motifs is 1. The highest BCUT2D eigenvalue weighted by Crippen LogP contribution is 2.22. The molecule has 1 aromatic carbocycles. The quantitative estimate of drug-likeness (QED) is 0.890. The fourth-order valence-electron chi connectivity index (χ4n) is 3.11. The summed E-state index contributed by atoms with van der Waals surface area (Å²) >= 11 is 0. The molecule has 0 saturated heterocycles. The normalized spacial score (nSPS) is 13.9. The molecule has 0 atom stereocenters. The van der Waals surface area contributed by atoms with E-state index in [2.05, 4.69) is 46.7 Å². The summed E-state index contributed by atoms with van der Waals surface area (Å²) in [4.78, 5) is 11.9. The Morgan fingerprint density at radius 3 is 2.50 bits per heavy atom. The van der Waals surface area contributed by atoms with Crippen molar-refractivity contribution < 1.29 is 0 Å².